The summed E-state index contributed by atoms with van der Waals surface area (Å²) in [6.45, 7) is 8.14. The summed E-state index contributed by atoms with van der Waals surface area (Å²) >= 11 is 0. The molecule has 1 rings (SSSR count). The van der Waals surface area contributed by atoms with Crippen molar-refractivity contribution in [3.63, 3.8) is 0 Å². The predicted octanol–water partition coefficient (Wildman–Crippen LogP) is 3.92. The minimum Gasteiger partial charge on any atom is -0.493 e. The highest BCUT2D eigenvalue weighted by Crippen LogP contribution is 2.40. The molecular weight excluding hydrogens is 278 g/mol. The van der Waals surface area contributed by atoms with Crippen LogP contribution in [0.3, 0.4) is 0 Å². The number of nitrogens with zero attached hydrogens (tertiary/aromatic N) is 1. The van der Waals surface area contributed by atoms with Crippen LogP contribution in [0.15, 0.2) is 18.2 Å². The van der Waals surface area contributed by atoms with E-state index >= 15 is 0 Å². The largest absolute Gasteiger partial charge is 0.493 e. The Kier molecular flexibility index (Phi) is 9.28. The summed E-state index contributed by atoms with van der Waals surface area (Å²) in [6.07, 6.45) is 1.22. The maximum atomic E-state index is 9.71. The third kappa shape index (κ3) is 4.38. The number of rotatable bonds is 7. The van der Waals surface area contributed by atoms with Crippen molar-refractivity contribution in [2.75, 3.05) is 20.8 Å². The Bertz CT molecular complexity index is 480. The standard InChI is InChI=1S/C16H23NO3.C2H6/c1-12(2)16(11-17,8-5-9-18)13-6-7-14(19-3)15(10-13)20-4;1-2/h6-7,10,12,18H,5,8-9H2,1-4H3;1-2H3. The van der Waals surface area contributed by atoms with Crippen LogP contribution >= 0.6 is 0 Å². The Morgan fingerprint density at radius 1 is 1.18 bits per heavy atom. The first-order valence-corrected chi connectivity index (χ1v) is 7.80. The molecule has 124 valence electrons. The van der Waals surface area contributed by atoms with Crippen LogP contribution in [0, 0.1) is 17.2 Å². The van der Waals surface area contributed by atoms with Crippen LogP contribution in [0.1, 0.15) is 46.1 Å². The summed E-state index contributed by atoms with van der Waals surface area (Å²) in [4.78, 5) is 0. The van der Waals surface area contributed by atoms with E-state index in [1.807, 2.05) is 45.9 Å². The second-order valence-corrected chi connectivity index (χ2v) is 5.13. The molecule has 4 nitrogen and oxygen atoms in total. The second kappa shape index (κ2) is 10.1. The molecule has 0 fully saturated rings. The molecule has 0 amide bonds. The molecule has 0 heterocycles. The number of ether oxygens (including phenoxy) is 2. The van der Waals surface area contributed by atoms with Gasteiger partial charge in [0.15, 0.2) is 11.5 Å². The first kappa shape index (κ1) is 20.3. The van der Waals surface area contributed by atoms with E-state index < -0.39 is 5.41 Å². The lowest BCUT2D eigenvalue weighted by atomic mass is 9.70. The summed E-state index contributed by atoms with van der Waals surface area (Å²) < 4.78 is 10.5. The highest BCUT2D eigenvalue weighted by atomic mass is 16.5. The Balaban J connectivity index is 0.00000211. The third-order valence-electron chi connectivity index (χ3n) is 3.81. The summed E-state index contributed by atoms with van der Waals surface area (Å²) in [5, 5.41) is 18.8. The van der Waals surface area contributed by atoms with E-state index in [0.29, 0.717) is 24.3 Å². The molecule has 0 aromatic heterocycles. The van der Waals surface area contributed by atoms with E-state index in [0.717, 1.165) is 5.56 Å². The minimum atomic E-state index is -0.623. The van der Waals surface area contributed by atoms with Crippen molar-refractivity contribution in [2.24, 2.45) is 5.92 Å². The highest BCUT2D eigenvalue weighted by Gasteiger charge is 2.36. The van der Waals surface area contributed by atoms with Crippen LogP contribution in [0.4, 0.5) is 0 Å². The van der Waals surface area contributed by atoms with Gasteiger partial charge in [-0.05, 0) is 36.5 Å². The maximum Gasteiger partial charge on any atom is 0.161 e. The van der Waals surface area contributed by atoms with Crippen molar-refractivity contribution >= 4 is 0 Å². The number of methoxy groups -OCH3 is 2. The fourth-order valence-corrected chi connectivity index (χ4v) is 2.49. The molecule has 1 unspecified atom stereocenters. The number of hydrogen-bond acceptors (Lipinski definition) is 4. The van der Waals surface area contributed by atoms with Gasteiger partial charge in [0.25, 0.3) is 0 Å². The van der Waals surface area contributed by atoms with Crippen molar-refractivity contribution in [2.45, 2.75) is 46.0 Å². The topological polar surface area (TPSA) is 62.5 Å². The lowest BCUT2D eigenvalue weighted by Crippen LogP contribution is -2.31. The van der Waals surface area contributed by atoms with Crippen molar-refractivity contribution in [3.8, 4) is 17.6 Å². The van der Waals surface area contributed by atoms with Gasteiger partial charge in [0, 0.05) is 6.61 Å². The Morgan fingerprint density at radius 2 is 1.77 bits per heavy atom. The number of nitriles is 1. The number of aliphatic hydroxyl groups is 1. The molecule has 1 aromatic rings. The van der Waals surface area contributed by atoms with Crippen LogP contribution in [-0.4, -0.2) is 25.9 Å². The molecule has 0 spiro atoms. The molecule has 0 radical (unpaired) electrons. The quantitative estimate of drug-likeness (QED) is 0.829. The van der Waals surface area contributed by atoms with Gasteiger partial charge in [0.05, 0.1) is 25.7 Å². The average molecular weight is 307 g/mol. The Labute approximate surface area is 134 Å². The van der Waals surface area contributed by atoms with Crippen LogP contribution in [0.2, 0.25) is 0 Å². The lowest BCUT2D eigenvalue weighted by Gasteiger charge is -2.31. The summed E-state index contributed by atoms with van der Waals surface area (Å²) in [5.74, 6) is 1.40. The zero-order chi connectivity index (χ0) is 17.2. The predicted molar refractivity (Wildman–Crippen MR) is 89.3 cm³/mol. The Morgan fingerprint density at radius 3 is 2.18 bits per heavy atom. The van der Waals surface area contributed by atoms with E-state index in [-0.39, 0.29) is 12.5 Å². The molecule has 0 aliphatic carbocycles. The maximum absolute atomic E-state index is 9.71. The van der Waals surface area contributed by atoms with Gasteiger partial charge in [-0.3, -0.25) is 0 Å². The van der Waals surface area contributed by atoms with Gasteiger partial charge in [-0.1, -0.05) is 33.8 Å². The second-order valence-electron chi connectivity index (χ2n) is 5.13. The molecule has 0 saturated carbocycles. The van der Waals surface area contributed by atoms with E-state index in [9.17, 15) is 5.26 Å². The van der Waals surface area contributed by atoms with Crippen molar-refractivity contribution in [1.82, 2.24) is 0 Å². The fourth-order valence-electron chi connectivity index (χ4n) is 2.49. The normalized spacial score (nSPS) is 12.7. The molecule has 22 heavy (non-hydrogen) atoms. The van der Waals surface area contributed by atoms with E-state index in [1.54, 1.807) is 14.2 Å². The molecule has 0 saturated heterocycles. The zero-order valence-electron chi connectivity index (χ0n) is 14.6. The fraction of sp³-hybridized carbons (Fsp3) is 0.611. The number of hydrogen-bond donors (Lipinski definition) is 1. The summed E-state index contributed by atoms with van der Waals surface area (Å²) in [5.41, 5.74) is 0.281. The number of benzene rings is 1. The summed E-state index contributed by atoms with van der Waals surface area (Å²) in [6, 6.07) is 8.03. The first-order chi connectivity index (χ1) is 10.6. The van der Waals surface area contributed by atoms with Gasteiger partial charge in [0.2, 0.25) is 0 Å². The van der Waals surface area contributed by atoms with E-state index in [1.165, 1.54) is 0 Å². The van der Waals surface area contributed by atoms with Crippen LogP contribution in [-0.2, 0) is 5.41 Å². The van der Waals surface area contributed by atoms with Gasteiger partial charge >= 0.3 is 0 Å². The summed E-state index contributed by atoms with van der Waals surface area (Å²) in [7, 11) is 3.17. The van der Waals surface area contributed by atoms with Crippen LogP contribution in [0.25, 0.3) is 0 Å². The molecule has 4 heteroatoms. The SMILES string of the molecule is CC.COc1ccc(C(C#N)(CCCO)C(C)C)cc1OC. The molecular formula is C18H29NO3. The van der Waals surface area contributed by atoms with Crippen molar-refractivity contribution in [3.05, 3.63) is 23.8 Å². The minimum absolute atomic E-state index is 0.0867. The molecule has 0 aliphatic heterocycles. The number of aliphatic hydroxyl groups excluding tert-OH is 1. The smallest absolute Gasteiger partial charge is 0.161 e. The van der Waals surface area contributed by atoms with Crippen LogP contribution in [0.5, 0.6) is 11.5 Å². The molecule has 0 aliphatic rings. The van der Waals surface area contributed by atoms with E-state index in [2.05, 4.69) is 6.07 Å². The van der Waals surface area contributed by atoms with Crippen LogP contribution < -0.4 is 9.47 Å². The Hall–Kier alpha value is -1.73. The van der Waals surface area contributed by atoms with Gasteiger partial charge in [-0.15, -0.1) is 0 Å². The van der Waals surface area contributed by atoms with Crippen molar-refractivity contribution in [1.29, 1.82) is 5.26 Å². The lowest BCUT2D eigenvalue weighted by molar-refractivity contribution is 0.256. The van der Waals surface area contributed by atoms with Gasteiger partial charge < -0.3 is 14.6 Å². The first-order valence-electron chi connectivity index (χ1n) is 7.80. The van der Waals surface area contributed by atoms with Gasteiger partial charge in [-0.25, -0.2) is 0 Å². The third-order valence-corrected chi connectivity index (χ3v) is 3.81. The van der Waals surface area contributed by atoms with Gasteiger partial charge in [0.1, 0.15) is 0 Å². The van der Waals surface area contributed by atoms with E-state index in [4.69, 9.17) is 14.6 Å². The molecule has 1 aromatic carbocycles. The molecule has 1 N–H and O–H groups in total. The molecule has 1 atom stereocenters. The monoisotopic (exact) mass is 307 g/mol. The zero-order valence-corrected chi connectivity index (χ0v) is 14.6. The molecule has 0 bridgehead atoms. The van der Waals surface area contributed by atoms with Crippen molar-refractivity contribution < 1.29 is 14.6 Å². The van der Waals surface area contributed by atoms with Gasteiger partial charge in [-0.2, -0.15) is 5.26 Å². The highest BCUT2D eigenvalue weighted by molar-refractivity contribution is 5.47. The average Bonchev–Trinajstić information content (AvgIpc) is 2.57.